The van der Waals surface area contributed by atoms with E-state index in [0.29, 0.717) is 6.54 Å². The van der Waals surface area contributed by atoms with E-state index in [-0.39, 0.29) is 5.91 Å². The summed E-state index contributed by atoms with van der Waals surface area (Å²) in [6, 6.07) is 0. The number of hydrogen-bond acceptors (Lipinski definition) is 3. The van der Waals surface area contributed by atoms with Crippen molar-refractivity contribution in [3.63, 3.8) is 0 Å². The van der Waals surface area contributed by atoms with Crippen LogP contribution in [0.1, 0.15) is 32.6 Å². The molecule has 1 amide bonds. The summed E-state index contributed by atoms with van der Waals surface area (Å²) in [6.07, 6.45) is 5.33. The summed E-state index contributed by atoms with van der Waals surface area (Å²) in [5.41, 5.74) is 0. The van der Waals surface area contributed by atoms with Gasteiger partial charge in [0.25, 0.3) is 0 Å². The number of nitrogens with one attached hydrogen (secondary N) is 2. The highest BCUT2D eigenvalue weighted by Gasteiger charge is 2.20. The van der Waals surface area contributed by atoms with Crippen molar-refractivity contribution >= 4 is 5.91 Å². The molecule has 0 aromatic heterocycles. The smallest absolute Gasteiger partial charge is 0.234 e. The van der Waals surface area contributed by atoms with Crippen LogP contribution in [-0.2, 0) is 4.79 Å². The fraction of sp³-hybridized carbons (Fsp3) is 0.929. The summed E-state index contributed by atoms with van der Waals surface area (Å²) in [5.74, 6) is 1.79. The SMILES string of the molecule is CC1CCCN(CCNC(=O)CNCC2CC2)C1. The van der Waals surface area contributed by atoms with Gasteiger partial charge in [0.15, 0.2) is 0 Å². The molecule has 2 N–H and O–H groups in total. The summed E-state index contributed by atoms with van der Waals surface area (Å²) < 4.78 is 0. The number of nitrogens with zero attached hydrogens (tertiary/aromatic N) is 1. The molecule has 1 heterocycles. The van der Waals surface area contributed by atoms with E-state index in [1.165, 1.54) is 38.8 Å². The summed E-state index contributed by atoms with van der Waals surface area (Å²) in [5, 5.41) is 6.21. The highest BCUT2D eigenvalue weighted by atomic mass is 16.1. The van der Waals surface area contributed by atoms with Crippen molar-refractivity contribution in [3.8, 4) is 0 Å². The monoisotopic (exact) mass is 253 g/mol. The number of piperidine rings is 1. The Morgan fingerprint density at radius 1 is 1.33 bits per heavy atom. The van der Waals surface area contributed by atoms with E-state index < -0.39 is 0 Å². The third-order valence-corrected chi connectivity index (χ3v) is 3.91. The molecule has 1 aliphatic heterocycles. The molecule has 4 nitrogen and oxygen atoms in total. The second-order valence-corrected chi connectivity index (χ2v) is 5.97. The molecule has 1 unspecified atom stereocenters. The van der Waals surface area contributed by atoms with Gasteiger partial charge in [-0.25, -0.2) is 0 Å². The van der Waals surface area contributed by atoms with Crippen molar-refractivity contribution < 1.29 is 4.79 Å². The summed E-state index contributed by atoms with van der Waals surface area (Å²) in [4.78, 5) is 14.0. The molecular weight excluding hydrogens is 226 g/mol. The van der Waals surface area contributed by atoms with Crippen LogP contribution in [0.25, 0.3) is 0 Å². The summed E-state index contributed by atoms with van der Waals surface area (Å²) >= 11 is 0. The van der Waals surface area contributed by atoms with Crippen LogP contribution in [0.15, 0.2) is 0 Å². The van der Waals surface area contributed by atoms with E-state index >= 15 is 0 Å². The fourth-order valence-electron chi connectivity index (χ4n) is 2.62. The van der Waals surface area contributed by atoms with Crippen molar-refractivity contribution in [2.45, 2.75) is 32.6 Å². The van der Waals surface area contributed by atoms with Crippen LogP contribution in [-0.4, -0.2) is 50.1 Å². The van der Waals surface area contributed by atoms with Crippen LogP contribution >= 0.6 is 0 Å². The minimum absolute atomic E-state index is 0.140. The van der Waals surface area contributed by atoms with Crippen molar-refractivity contribution in [1.29, 1.82) is 0 Å². The largest absolute Gasteiger partial charge is 0.354 e. The fourth-order valence-corrected chi connectivity index (χ4v) is 2.62. The molecule has 0 aromatic rings. The lowest BCUT2D eigenvalue weighted by Gasteiger charge is -2.30. The van der Waals surface area contributed by atoms with Crippen LogP contribution in [0.5, 0.6) is 0 Å². The Kier molecular flexibility index (Phi) is 5.45. The molecule has 18 heavy (non-hydrogen) atoms. The molecule has 1 atom stereocenters. The zero-order valence-electron chi connectivity index (χ0n) is 11.6. The van der Waals surface area contributed by atoms with Crippen LogP contribution in [0.3, 0.4) is 0 Å². The molecular formula is C14H27N3O. The maximum absolute atomic E-state index is 11.6. The van der Waals surface area contributed by atoms with E-state index in [9.17, 15) is 4.79 Å². The molecule has 1 saturated heterocycles. The Morgan fingerprint density at radius 2 is 2.17 bits per heavy atom. The van der Waals surface area contributed by atoms with Gasteiger partial charge in [-0.05, 0) is 50.6 Å². The lowest BCUT2D eigenvalue weighted by atomic mass is 10.0. The third-order valence-electron chi connectivity index (χ3n) is 3.91. The van der Waals surface area contributed by atoms with Crippen LogP contribution in [0.2, 0.25) is 0 Å². The first-order chi connectivity index (χ1) is 8.74. The molecule has 2 fully saturated rings. The average molecular weight is 253 g/mol. The van der Waals surface area contributed by atoms with Gasteiger partial charge < -0.3 is 15.5 Å². The normalized spacial score (nSPS) is 25.1. The Bertz CT molecular complexity index is 266. The molecule has 1 aliphatic carbocycles. The molecule has 2 aliphatic rings. The summed E-state index contributed by atoms with van der Waals surface area (Å²) in [6.45, 7) is 7.97. The van der Waals surface area contributed by atoms with E-state index in [2.05, 4.69) is 22.5 Å². The van der Waals surface area contributed by atoms with Gasteiger partial charge in [0.2, 0.25) is 5.91 Å². The Hall–Kier alpha value is -0.610. The second-order valence-electron chi connectivity index (χ2n) is 5.97. The average Bonchev–Trinajstić information content (AvgIpc) is 3.13. The van der Waals surface area contributed by atoms with E-state index in [4.69, 9.17) is 0 Å². The van der Waals surface area contributed by atoms with Crippen LogP contribution in [0, 0.1) is 11.8 Å². The minimum Gasteiger partial charge on any atom is -0.354 e. The van der Waals surface area contributed by atoms with Gasteiger partial charge in [-0.15, -0.1) is 0 Å². The molecule has 4 heteroatoms. The maximum Gasteiger partial charge on any atom is 0.234 e. The predicted molar refractivity (Wildman–Crippen MR) is 73.4 cm³/mol. The van der Waals surface area contributed by atoms with Crippen molar-refractivity contribution in [3.05, 3.63) is 0 Å². The molecule has 0 radical (unpaired) electrons. The van der Waals surface area contributed by atoms with Crippen molar-refractivity contribution in [2.75, 3.05) is 39.3 Å². The Morgan fingerprint density at radius 3 is 2.89 bits per heavy atom. The lowest BCUT2D eigenvalue weighted by Crippen LogP contribution is -2.42. The number of rotatable bonds is 7. The highest BCUT2D eigenvalue weighted by molar-refractivity contribution is 5.77. The molecule has 1 saturated carbocycles. The maximum atomic E-state index is 11.6. The summed E-state index contributed by atoms with van der Waals surface area (Å²) in [7, 11) is 0. The third kappa shape index (κ3) is 5.36. The van der Waals surface area contributed by atoms with E-state index in [1.807, 2.05) is 0 Å². The molecule has 2 rings (SSSR count). The van der Waals surface area contributed by atoms with Gasteiger partial charge in [-0.1, -0.05) is 6.92 Å². The van der Waals surface area contributed by atoms with E-state index in [0.717, 1.165) is 31.5 Å². The molecule has 0 bridgehead atoms. The first-order valence-electron chi connectivity index (χ1n) is 7.44. The van der Waals surface area contributed by atoms with Crippen LogP contribution in [0.4, 0.5) is 0 Å². The highest BCUT2D eigenvalue weighted by Crippen LogP contribution is 2.27. The number of likely N-dealkylation sites (tertiary alicyclic amines) is 1. The lowest BCUT2D eigenvalue weighted by molar-refractivity contribution is -0.120. The topological polar surface area (TPSA) is 44.4 Å². The standard InChI is InChI=1S/C14H27N3O/c1-12-3-2-7-17(11-12)8-6-16-14(18)10-15-9-13-4-5-13/h12-13,15H,2-11H2,1H3,(H,16,18). The Balaban J connectivity index is 1.47. The molecule has 0 aromatic carbocycles. The predicted octanol–water partition coefficient (Wildman–Crippen LogP) is 0.834. The zero-order chi connectivity index (χ0) is 12.8. The Labute approximate surface area is 110 Å². The number of carbonyl (C=O) groups is 1. The van der Waals surface area contributed by atoms with E-state index in [1.54, 1.807) is 0 Å². The second kappa shape index (κ2) is 7.10. The molecule has 104 valence electrons. The molecule has 0 spiro atoms. The van der Waals surface area contributed by atoms with Crippen molar-refractivity contribution in [1.82, 2.24) is 15.5 Å². The minimum atomic E-state index is 0.140. The van der Waals surface area contributed by atoms with Gasteiger partial charge in [-0.2, -0.15) is 0 Å². The first-order valence-corrected chi connectivity index (χ1v) is 7.44. The number of amides is 1. The van der Waals surface area contributed by atoms with Gasteiger partial charge in [0.05, 0.1) is 6.54 Å². The quantitative estimate of drug-likeness (QED) is 0.706. The first kappa shape index (κ1) is 13.8. The zero-order valence-corrected chi connectivity index (χ0v) is 11.6. The number of carbonyl (C=O) groups excluding carboxylic acids is 1. The number of hydrogen-bond donors (Lipinski definition) is 2. The van der Waals surface area contributed by atoms with Gasteiger partial charge >= 0.3 is 0 Å². The van der Waals surface area contributed by atoms with Gasteiger partial charge in [-0.3, -0.25) is 4.79 Å². The van der Waals surface area contributed by atoms with Gasteiger partial charge in [0, 0.05) is 19.6 Å². The van der Waals surface area contributed by atoms with Gasteiger partial charge in [0.1, 0.15) is 0 Å². The van der Waals surface area contributed by atoms with Crippen molar-refractivity contribution in [2.24, 2.45) is 11.8 Å². The van der Waals surface area contributed by atoms with Crippen LogP contribution < -0.4 is 10.6 Å².